The molecule has 3 heterocycles. The number of rotatable bonds is 4. The summed E-state index contributed by atoms with van der Waals surface area (Å²) in [5.74, 6) is 1.87. The predicted octanol–water partition coefficient (Wildman–Crippen LogP) is 2.97. The lowest BCUT2D eigenvalue weighted by Crippen LogP contribution is -2.38. The molecule has 2 aromatic heterocycles. The van der Waals surface area contributed by atoms with Crippen molar-refractivity contribution in [3.05, 3.63) is 34.4 Å². The summed E-state index contributed by atoms with van der Waals surface area (Å²) in [6.07, 6.45) is 6.36. The second-order valence-electron chi connectivity index (χ2n) is 9.01. The number of nitrogens with zero attached hydrogens (tertiary/aromatic N) is 4. The average molecular weight is 423 g/mol. The molecule has 6 rings (SSSR count). The van der Waals surface area contributed by atoms with Gasteiger partial charge >= 0.3 is 5.69 Å². The minimum Gasteiger partial charge on any atom is -0.454 e. The summed E-state index contributed by atoms with van der Waals surface area (Å²) in [4.78, 5) is 22.5. The van der Waals surface area contributed by atoms with Crippen molar-refractivity contribution in [2.45, 2.75) is 50.2 Å². The lowest BCUT2D eigenvalue weighted by molar-refractivity contribution is -0.000343. The van der Waals surface area contributed by atoms with Gasteiger partial charge in [-0.3, -0.25) is 9.13 Å². The Hall–Kier alpha value is -3.07. The van der Waals surface area contributed by atoms with Gasteiger partial charge in [-0.1, -0.05) is 0 Å². The molecule has 0 atom stereocenters. The zero-order chi connectivity index (χ0) is 21.4. The fourth-order valence-electron chi connectivity index (χ4n) is 5.60. The summed E-state index contributed by atoms with van der Waals surface area (Å²) in [6.45, 7) is 2.21. The van der Waals surface area contributed by atoms with E-state index >= 15 is 0 Å². The van der Waals surface area contributed by atoms with E-state index in [0.29, 0.717) is 17.3 Å². The minimum absolute atomic E-state index is 0.0467. The van der Waals surface area contributed by atoms with Crippen molar-refractivity contribution in [2.24, 2.45) is 7.05 Å². The normalized spacial score (nSPS) is 26.2. The van der Waals surface area contributed by atoms with E-state index in [-0.39, 0.29) is 23.6 Å². The summed E-state index contributed by atoms with van der Waals surface area (Å²) in [5, 5.41) is 3.29. The quantitative estimate of drug-likeness (QED) is 0.690. The maximum absolute atomic E-state index is 13.3. The molecule has 1 aromatic carbocycles. The van der Waals surface area contributed by atoms with Crippen LogP contribution in [0.1, 0.15) is 37.7 Å². The molecule has 0 amide bonds. The van der Waals surface area contributed by atoms with Crippen molar-refractivity contribution in [2.75, 3.05) is 19.2 Å². The number of benzene rings is 1. The first-order valence-corrected chi connectivity index (χ1v) is 10.6. The van der Waals surface area contributed by atoms with E-state index in [9.17, 15) is 4.79 Å². The topological polar surface area (TPSA) is 92.4 Å². The molecule has 1 N–H and O–H groups in total. The van der Waals surface area contributed by atoms with E-state index in [1.807, 2.05) is 23.6 Å². The zero-order valence-electron chi connectivity index (χ0n) is 17.9. The van der Waals surface area contributed by atoms with E-state index in [2.05, 4.69) is 10.3 Å². The van der Waals surface area contributed by atoms with Gasteiger partial charge in [0.25, 0.3) is 0 Å². The van der Waals surface area contributed by atoms with Gasteiger partial charge in [-0.05, 0) is 44.2 Å². The van der Waals surface area contributed by atoms with Crippen molar-refractivity contribution >= 4 is 22.8 Å². The summed E-state index contributed by atoms with van der Waals surface area (Å²) < 4.78 is 20.3. The standard InChI is InChI=1S/C22H25N5O4/c1-13-8-16-17(31-12-30-16)9-14(13)24-19-23-10-15-18(25-19)27(20(28)26(15)2)21-4-6-22(11-21,29-3)7-5-21/h8-10H,4-7,11-12H2,1-3H3,(H,23,24,25). The Balaban J connectivity index is 1.44. The minimum atomic E-state index is -0.243. The Morgan fingerprint density at radius 1 is 1.16 bits per heavy atom. The number of methoxy groups -OCH3 is 1. The maximum atomic E-state index is 13.3. The second-order valence-corrected chi connectivity index (χ2v) is 9.01. The molecule has 2 bridgehead atoms. The molecule has 162 valence electrons. The van der Waals surface area contributed by atoms with Crippen molar-refractivity contribution in [1.82, 2.24) is 19.1 Å². The SMILES string of the molecule is COC12CCC(n3c(=O)n(C)c4cnc(Nc5cc6c(cc5C)OCO6)nc43)(CC1)C2. The summed E-state index contributed by atoms with van der Waals surface area (Å²) >= 11 is 0. The smallest absolute Gasteiger partial charge is 0.330 e. The number of aromatic nitrogens is 4. The maximum Gasteiger partial charge on any atom is 0.330 e. The van der Waals surface area contributed by atoms with Gasteiger partial charge in [0.1, 0.15) is 5.52 Å². The molecule has 3 aromatic rings. The molecule has 2 aliphatic carbocycles. The first-order valence-electron chi connectivity index (χ1n) is 10.6. The Bertz CT molecular complexity index is 1270. The van der Waals surface area contributed by atoms with Crippen molar-refractivity contribution in [1.29, 1.82) is 0 Å². The number of hydrogen-bond acceptors (Lipinski definition) is 7. The molecule has 3 aliphatic rings. The first-order chi connectivity index (χ1) is 14.9. The van der Waals surface area contributed by atoms with Gasteiger partial charge in [0.05, 0.1) is 17.3 Å². The number of anilines is 2. The Labute approximate surface area is 179 Å². The van der Waals surface area contributed by atoms with Crippen LogP contribution in [0.2, 0.25) is 0 Å². The molecule has 1 aliphatic heterocycles. The predicted molar refractivity (Wildman–Crippen MR) is 114 cm³/mol. The molecule has 9 heteroatoms. The van der Waals surface area contributed by atoms with E-state index in [1.165, 1.54) is 0 Å². The van der Waals surface area contributed by atoms with Crippen LogP contribution in [-0.2, 0) is 17.3 Å². The lowest BCUT2D eigenvalue weighted by atomic mass is 9.92. The summed E-state index contributed by atoms with van der Waals surface area (Å²) in [5.41, 5.74) is 2.83. The number of ether oxygens (including phenoxy) is 3. The van der Waals surface area contributed by atoms with E-state index < -0.39 is 0 Å². The van der Waals surface area contributed by atoms with Crippen LogP contribution in [0.25, 0.3) is 11.2 Å². The van der Waals surface area contributed by atoms with Crippen LogP contribution in [0, 0.1) is 6.92 Å². The summed E-state index contributed by atoms with van der Waals surface area (Å²) in [7, 11) is 3.56. The Morgan fingerprint density at radius 2 is 1.90 bits per heavy atom. The highest BCUT2D eigenvalue weighted by molar-refractivity contribution is 5.74. The van der Waals surface area contributed by atoms with Gasteiger partial charge in [-0.2, -0.15) is 4.98 Å². The molecule has 2 fully saturated rings. The number of imidazole rings is 1. The van der Waals surface area contributed by atoms with Crippen LogP contribution in [0.15, 0.2) is 23.1 Å². The van der Waals surface area contributed by atoms with Gasteiger partial charge < -0.3 is 19.5 Å². The van der Waals surface area contributed by atoms with Gasteiger partial charge in [-0.15, -0.1) is 0 Å². The van der Waals surface area contributed by atoms with Crippen molar-refractivity contribution < 1.29 is 14.2 Å². The highest BCUT2D eigenvalue weighted by Crippen LogP contribution is 2.56. The van der Waals surface area contributed by atoms with E-state index in [0.717, 1.165) is 54.6 Å². The van der Waals surface area contributed by atoms with Gasteiger partial charge in [-0.25, -0.2) is 9.78 Å². The largest absolute Gasteiger partial charge is 0.454 e. The van der Waals surface area contributed by atoms with Crippen LogP contribution in [0.4, 0.5) is 11.6 Å². The number of hydrogen-bond donors (Lipinski definition) is 1. The Morgan fingerprint density at radius 3 is 2.61 bits per heavy atom. The zero-order valence-corrected chi connectivity index (χ0v) is 17.9. The highest BCUT2D eigenvalue weighted by Gasteiger charge is 2.57. The first kappa shape index (κ1) is 18.7. The van der Waals surface area contributed by atoms with Gasteiger partial charge in [0.15, 0.2) is 17.1 Å². The number of nitrogens with one attached hydrogen (secondary N) is 1. The van der Waals surface area contributed by atoms with Gasteiger partial charge in [0.2, 0.25) is 12.7 Å². The van der Waals surface area contributed by atoms with E-state index in [1.54, 1.807) is 24.9 Å². The third kappa shape index (κ3) is 2.56. The molecule has 0 spiro atoms. The number of fused-ring (bicyclic) bond motifs is 4. The van der Waals surface area contributed by atoms with Crippen molar-refractivity contribution in [3.63, 3.8) is 0 Å². The molecule has 0 radical (unpaired) electrons. The van der Waals surface area contributed by atoms with Crippen LogP contribution in [-0.4, -0.2) is 38.6 Å². The van der Waals surface area contributed by atoms with Crippen LogP contribution in [0.5, 0.6) is 11.5 Å². The van der Waals surface area contributed by atoms with E-state index in [4.69, 9.17) is 19.2 Å². The third-order valence-corrected chi connectivity index (χ3v) is 7.42. The fraction of sp³-hybridized carbons (Fsp3) is 0.500. The molecule has 2 saturated carbocycles. The molecule has 0 saturated heterocycles. The molecule has 31 heavy (non-hydrogen) atoms. The monoisotopic (exact) mass is 423 g/mol. The molecular formula is C22H25N5O4. The van der Waals surface area contributed by atoms with Crippen LogP contribution in [0.3, 0.4) is 0 Å². The molecule has 0 unspecified atom stereocenters. The van der Waals surface area contributed by atoms with Gasteiger partial charge in [0, 0.05) is 32.3 Å². The van der Waals surface area contributed by atoms with Crippen LogP contribution >= 0.6 is 0 Å². The van der Waals surface area contributed by atoms with Crippen LogP contribution < -0.4 is 20.5 Å². The average Bonchev–Trinajstić information content (AvgIpc) is 3.52. The molecule has 9 nitrogen and oxygen atoms in total. The second kappa shape index (κ2) is 6.23. The van der Waals surface area contributed by atoms with Crippen molar-refractivity contribution in [3.8, 4) is 11.5 Å². The third-order valence-electron chi connectivity index (χ3n) is 7.42. The molecular weight excluding hydrogens is 398 g/mol. The highest BCUT2D eigenvalue weighted by atomic mass is 16.7. The lowest BCUT2D eigenvalue weighted by Gasteiger charge is -2.28. The summed E-state index contributed by atoms with van der Waals surface area (Å²) in [6, 6.07) is 3.82. The fourth-order valence-corrected chi connectivity index (χ4v) is 5.60. The Kier molecular flexibility index (Phi) is 3.75. The number of aryl methyl sites for hydroxylation is 2.